The summed E-state index contributed by atoms with van der Waals surface area (Å²) >= 11 is 11.9. The van der Waals surface area contributed by atoms with Crippen LogP contribution in [0.1, 0.15) is 24.4 Å². The van der Waals surface area contributed by atoms with E-state index in [-0.39, 0.29) is 23.5 Å². The van der Waals surface area contributed by atoms with Crippen molar-refractivity contribution >= 4 is 33.0 Å². The third-order valence-corrected chi connectivity index (χ3v) is 6.02. The van der Waals surface area contributed by atoms with Crippen LogP contribution in [-0.4, -0.2) is 19.9 Å². The molecule has 0 amide bonds. The lowest BCUT2D eigenvalue weighted by atomic mass is 9.95. The molecule has 0 radical (unpaired) electrons. The molecule has 19 heavy (non-hydrogen) atoms. The van der Waals surface area contributed by atoms with Crippen molar-refractivity contribution in [2.45, 2.75) is 18.9 Å². The summed E-state index contributed by atoms with van der Waals surface area (Å²) in [5.74, 6) is 6.22. The topological polar surface area (TPSA) is 72.2 Å². The molecule has 3 N–H and O–H groups in total. The second kappa shape index (κ2) is 5.97. The largest absolute Gasteiger partial charge is 0.271 e. The van der Waals surface area contributed by atoms with Gasteiger partial charge in [0, 0.05) is 6.04 Å². The average Bonchev–Trinajstić information content (AvgIpc) is 2.69. The quantitative estimate of drug-likeness (QED) is 0.659. The molecule has 2 atom stereocenters. The molecule has 2 rings (SSSR count). The standard InChI is InChI=1S/C12H16Cl2N2O2S/c13-10-2-1-9(6-11(10)14)12(16-15)5-8-3-4-19(17,18)7-8/h1-2,6,8,12,16H,3-5,7,15H2. The number of nitrogens with two attached hydrogens (primary N) is 1. The third-order valence-electron chi connectivity index (χ3n) is 3.44. The van der Waals surface area contributed by atoms with E-state index in [4.69, 9.17) is 29.0 Å². The van der Waals surface area contributed by atoms with E-state index >= 15 is 0 Å². The van der Waals surface area contributed by atoms with Crippen LogP contribution in [0.5, 0.6) is 0 Å². The summed E-state index contributed by atoms with van der Waals surface area (Å²) in [7, 11) is -2.86. The van der Waals surface area contributed by atoms with Crippen molar-refractivity contribution in [3.8, 4) is 0 Å². The minimum absolute atomic E-state index is 0.118. The smallest absolute Gasteiger partial charge is 0.150 e. The average molecular weight is 323 g/mol. The molecule has 1 fully saturated rings. The molecule has 1 aromatic carbocycles. The maximum atomic E-state index is 11.5. The van der Waals surface area contributed by atoms with Crippen LogP contribution in [0.2, 0.25) is 10.0 Å². The molecule has 0 saturated carbocycles. The Morgan fingerprint density at radius 3 is 2.63 bits per heavy atom. The molecule has 0 spiro atoms. The molecule has 1 saturated heterocycles. The van der Waals surface area contributed by atoms with Crippen molar-refractivity contribution < 1.29 is 8.42 Å². The normalized spacial score (nSPS) is 23.4. The molecule has 2 unspecified atom stereocenters. The van der Waals surface area contributed by atoms with Crippen molar-refractivity contribution in [1.29, 1.82) is 0 Å². The van der Waals surface area contributed by atoms with Crippen molar-refractivity contribution in [2.24, 2.45) is 11.8 Å². The molecule has 4 nitrogen and oxygen atoms in total. The summed E-state index contributed by atoms with van der Waals surface area (Å²) in [5, 5.41) is 0.961. The van der Waals surface area contributed by atoms with Crippen LogP contribution in [0.4, 0.5) is 0 Å². The fourth-order valence-electron chi connectivity index (χ4n) is 2.42. The van der Waals surface area contributed by atoms with E-state index < -0.39 is 9.84 Å². The van der Waals surface area contributed by atoms with Gasteiger partial charge in [-0.25, -0.2) is 8.42 Å². The number of hydrogen-bond donors (Lipinski definition) is 2. The van der Waals surface area contributed by atoms with Gasteiger partial charge in [0.05, 0.1) is 21.6 Å². The predicted octanol–water partition coefficient (Wildman–Crippen LogP) is 2.32. The van der Waals surface area contributed by atoms with Gasteiger partial charge in [0.2, 0.25) is 0 Å². The van der Waals surface area contributed by atoms with Crippen molar-refractivity contribution in [3.63, 3.8) is 0 Å². The molecule has 1 aliphatic heterocycles. The van der Waals surface area contributed by atoms with Gasteiger partial charge in [-0.3, -0.25) is 11.3 Å². The maximum Gasteiger partial charge on any atom is 0.150 e. The molecule has 1 aliphatic rings. The van der Waals surface area contributed by atoms with Gasteiger partial charge in [-0.2, -0.15) is 0 Å². The predicted molar refractivity (Wildman–Crippen MR) is 77.9 cm³/mol. The van der Waals surface area contributed by atoms with Gasteiger partial charge in [0.25, 0.3) is 0 Å². The maximum absolute atomic E-state index is 11.5. The van der Waals surface area contributed by atoms with Crippen LogP contribution in [0, 0.1) is 5.92 Å². The zero-order valence-corrected chi connectivity index (χ0v) is 12.6. The Morgan fingerprint density at radius 2 is 2.11 bits per heavy atom. The fraction of sp³-hybridized carbons (Fsp3) is 0.500. The number of sulfone groups is 1. The number of nitrogens with one attached hydrogen (secondary N) is 1. The molecule has 1 aromatic rings. The Morgan fingerprint density at radius 1 is 1.37 bits per heavy atom. The number of hydrogen-bond acceptors (Lipinski definition) is 4. The number of halogens is 2. The highest BCUT2D eigenvalue weighted by Crippen LogP contribution is 2.31. The van der Waals surface area contributed by atoms with Crippen LogP contribution in [-0.2, 0) is 9.84 Å². The minimum Gasteiger partial charge on any atom is -0.271 e. The van der Waals surface area contributed by atoms with E-state index in [1.807, 2.05) is 6.07 Å². The molecular weight excluding hydrogens is 307 g/mol. The summed E-state index contributed by atoms with van der Waals surface area (Å²) < 4.78 is 22.9. The molecule has 0 aliphatic carbocycles. The molecule has 0 aromatic heterocycles. The van der Waals surface area contributed by atoms with Gasteiger partial charge in [-0.15, -0.1) is 0 Å². The zero-order valence-electron chi connectivity index (χ0n) is 10.3. The number of rotatable bonds is 4. The summed E-state index contributed by atoms with van der Waals surface area (Å²) in [4.78, 5) is 0. The number of hydrazine groups is 1. The van der Waals surface area contributed by atoms with Crippen LogP contribution in [0.3, 0.4) is 0 Å². The Hall–Kier alpha value is -0.330. The Kier molecular flexibility index (Phi) is 4.74. The second-order valence-electron chi connectivity index (χ2n) is 4.90. The summed E-state index contributed by atoms with van der Waals surface area (Å²) in [6, 6.07) is 5.21. The van der Waals surface area contributed by atoms with Gasteiger partial charge in [0.1, 0.15) is 0 Å². The van der Waals surface area contributed by atoms with Gasteiger partial charge < -0.3 is 0 Å². The van der Waals surface area contributed by atoms with E-state index in [1.165, 1.54) is 0 Å². The molecular formula is C12H16Cl2N2O2S. The lowest BCUT2D eigenvalue weighted by Crippen LogP contribution is -2.30. The lowest BCUT2D eigenvalue weighted by Gasteiger charge is -2.20. The van der Waals surface area contributed by atoms with Crippen LogP contribution in [0.15, 0.2) is 18.2 Å². The lowest BCUT2D eigenvalue weighted by molar-refractivity contribution is 0.421. The first-order chi connectivity index (χ1) is 8.91. The van der Waals surface area contributed by atoms with Crippen LogP contribution >= 0.6 is 23.2 Å². The number of benzene rings is 1. The van der Waals surface area contributed by atoms with Gasteiger partial charge >= 0.3 is 0 Å². The first-order valence-electron chi connectivity index (χ1n) is 6.03. The van der Waals surface area contributed by atoms with Crippen LogP contribution < -0.4 is 11.3 Å². The summed E-state index contributed by atoms with van der Waals surface area (Å²) in [5.41, 5.74) is 3.64. The van der Waals surface area contributed by atoms with Crippen LogP contribution in [0.25, 0.3) is 0 Å². The van der Waals surface area contributed by atoms with Crippen molar-refractivity contribution in [3.05, 3.63) is 33.8 Å². The van der Waals surface area contributed by atoms with E-state index in [0.717, 1.165) is 5.56 Å². The van der Waals surface area contributed by atoms with E-state index in [9.17, 15) is 8.42 Å². The highest BCUT2D eigenvalue weighted by molar-refractivity contribution is 7.91. The SMILES string of the molecule is NNC(CC1CCS(=O)(=O)C1)c1ccc(Cl)c(Cl)c1. The first kappa shape index (κ1) is 15.1. The second-order valence-corrected chi connectivity index (χ2v) is 7.94. The fourth-order valence-corrected chi connectivity index (χ4v) is 4.61. The van der Waals surface area contributed by atoms with Crippen molar-refractivity contribution in [1.82, 2.24) is 5.43 Å². The Labute approximate surface area is 123 Å². The minimum atomic E-state index is -2.86. The molecule has 7 heteroatoms. The van der Waals surface area contributed by atoms with Crippen molar-refractivity contribution in [2.75, 3.05) is 11.5 Å². The molecule has 1 heterocycles. The molecule has 106 valence electrons. The van der Waals surface area contributed by atoms with E-state index in [0.29, 0.717) is 22.9 Å². The van der Waals surface area contributed by atoms with Gasteiger partial charge in [-0.05, 0) is 36.5 Å². The summed E-state index contributed by atoms with van der Waals surface area (Å²) in [6.45, 7) is 0. The van der Waals surface area contributed by atoms with E-state index in [2.05, 4.69) is 5.43 Å². The molecule has 0 bridgehead atoms. The zero-order chi connectivity index (χ0) is 14.0. The Bertz CT molecular complexity index is 563. The monoisotopic (exact) mass is 322 g/mol. The first-order valence-corrected chi connectivity index (χ1v) is 8.60. The van der Waals surface area contributed by atoms with Gasteiger partial charge in [-0.1, -0.05) is 29.3 Å². The third kappa shape index (κ3) is 3.83. The summed E-state index contributed by atoms with van der Waals surface area (Å²) in [6.07, 6.45) is 1.37. The van der Waals surface area contributed by atoms with E-state index in [1.54, 1.807) is 12.1 Å². The van der Waals surface area contributed by atoms with Gasteiger partial charge in [0.15, 0.2) is 9.84 Å². The Balaban J connectivity index is 2.10. The highest BCUT2D eigenvalue weighted by atomic mass is 35.5. The highest BCUT2D eigenvalue weighted by Gasteiger charge is 2.30.